The fraction of sp³-hybridized carbons (Fsp3) is 0.273. The van der Waals surface area contributed by atoms with Crippen molar-refractivity contribution >= 4 is 29.0 Å². The number of aromatic nitrogens is 4. The molecule has 0 saturated carbocycles. The number of aryl methyl sites for hydroxylation is 1. The van der Waals surface area contributed by atoms with Crippen molar-refractivity contribution in [1.29, 1.82) is 0 Å². The van der Waals surface area contributed by atoms with Crippen LogP contribution in [0.4, 0.5) is 11.4 Å². The van der Waals surface area contributed by atoms with Crippen molar-refractivity contribution in [2.24, 2.45) is 7.05 Å². The summed E-state index contributed by atoms with van der Waals surface area (Å²) in [6.07, 6.45) is 0. The SMILES string of the molecule is CC(Sc1nnnn1C)C(=O)Nc1ccc(N)cc1. The van der Waals surface area contributed by atoms with Crippen molar-refractivity contribution in [2.75, 3.05) is 11.1 Å². The van der Waals surface area contributed by atoms with Crippen LogP contribution in [-0.4, -0.2) is 31.4 Å². The number of nitrogens with one attached hydrogen (secondary N) is 1. The molecule has 0 bridgehead atoms. The Balaban J connectivity index is 1.96. The van der Waals surface area contributed by atoms with E-state index in [9.17, 15) is 4.79 Å². The summed E-state index contributed by atoms with van der Waals surface area (Å²) in [6.45, 7) is 1.80. The highest BCUT2D eigenvalue weighted by molar-refractivity contribution is 8.00. The van der Waals surface area contributed by atoms with Crippen LogP contribution in [0.1, 0.15) is 6.92 Å². The largest absolute Gasteiger partial charge is 0.399 e. The topological polar surface area (TPSA) is 98.7 Å². The average molecular weight is 278 g/mol. The molecular weight excluding hydrogens is 264 g/mol. The van der Waals surface area contributed by atoms with Gasteiger partial charge >= 0.3 is 0 Å². The summed E-state index contributed by atoms with van der Waals surface area (Å²) in [6, 6.07) is 6.99. The fourth-order valence-electron chi connectivity index (χ4n) is 1.34. The number of nitrogens with zero attached hydrogens (tertiary/aromatic N) is 4. The summed E-state index contributed by atoms with van der Waals surface area (Å²) in [5.41, 5.74) is 6.95. The van der Waals surface area contributed by atoms with Crippen LogP contribution in [0, 0.1) is 0 Å². The van der Waals surface area contributed by atoms with Crippen LogP contribution in [0.15, 0.2) is 29.4 Å². The van der Waals surface area contributed by atoms with Crippen LogP contribution < -0.4 is 11.1 Å². The first-order valence-electron chi connectivity index (χ1n) is 5.61. The molecule has 8 heteroatoms. The normalized spacial score (nSPS) is 12.1. The molecule has 0 spiro atoms. The summed E-state index contributed by atoms with van der Waals surface area (Å²) in [5, 5.41) is 14.2. The van der Waals surface area contributed by atoms with Crippen LogP contribution in [0.5, 0.6) is 0 Å². The standard InChI is InChI=1S/C11H14N6OS/c1-7(19-11-14-15-16-17(11)2)10(18)13-9-5-3-8(12)4-6-9/h3-7H,12H2,1-2H3,(H,13,18). The molecule has 7 nitrogen and oxygen atoms in total. The first-order valence-corrected chi connectivity index (χ1v) is 6.49. The first kappa shape index (κ1) is 13.3. The molecule has 1 atom stereocenters. The van der Waals surface area contributed by atoms with Gasteiger partial charge in [0.1, 0.15) is 0 Å². The molecule has 0 aliphatic heterocycles. The van der Waals surface area contributed by atoms with Gasteiger partial charge in [0.2, 0.25) is 11.1 Å². The van der Waals surface area contributed by atoms with E-state index in [1.807, 2.05) is 0 Å². The van der Waals surface area contributed by atoms with Gasteiger partial charge in [0.15, 0.2) is 0 Å². The minimum atomic E-state index is -0.303. The highest BCUT2D eigenvalue weighted by Gasteiger charge is 2.17. The smallest absolute Gasteiger partial charge is 0.237 e. The van der Waals surface area contributed by atoms with Crippen LogP contribution in [0.25, 0.3) is 0 Å². The van der Waals surface area contributed by atoms with E-state index >= 15 is 0 Å². The van der Waals surface area contributed by atoms with E-state index in [-0.39, 0.29) is 11.2 Å². The number of carbonyl (C=O) groups excluding carboxylic acids is 1. The Bertz CT molecular complexity index is 567. The van der Waals surface area contributed by atoms with E-state index in [2.05, 4.69) is 20.8 Å². The first-order chi connectivity index (χ1) is 9.06. The van der Waals surface area contributed by atoms with Gasteiger partial charge in [-0.25, -0.2) is 4.68 Å². The number of nitrogen functional groups attached to an aromatic ring is 1. The van der Waals surface area contributed by atoms with Gasteiger partial charge in [0.05, 0.1) is 5.25 Å². The van der Waals surface area contributed by atoms with Gasteiger partial charge in [0.25, 0.3) is 0 Å². The zero-order chi connectivity index (χ0) is 13.8. The maximum atomic E-state index is 12.0. The van der Waals surface area contributed by atoms with Gasteiger partial charge in [0, 0.05) is 18.4 Å². The van der Waals surface area contributed by atoms with Gasteiger partial charge in [-0.05, 0) is 41.6 Å². The van der Waals surface area contributed by atoms with Crippen LogP contribution >= 0.6 is 11.8 Å². The molecule has 1 unspecified atom stereocenters. The van der Waals surface area contributed by atoms with Crippen molar-refractivity contribution < 1.29 is 4.79 Å². The molecule has 2 rings (SSSR count). The molecule has 1 aromatic carbocycles. The van der Waals surface area contributed by atoms with Gasteiger partial charge in [-0.1, -0.05) is 11.8 Å². The lowest BCUT2D eigenvalue weighted by Gasteiger charge is -2.10. The van der Waals surface area contributed by atoms with Crippen LogP contribution in [0.2, 0.25) is 0 Å². The highest BCUT2D eigenvalue weighted by Crippen LogP contribution is 2.21. The van der Waals surface area contributed by atoms with Gasteiger partial charge < -0.3 is 11.1 Å². The number of hydrogen-bond acceptors (Lipinski definition) is 6. The lowest BCUT2D eigenvalue weighted by molar-refractivity contribution is -0.115. The Morgan fingerprint density at radius 1 is 1.42 bits per heavy atom. The van der Waals surface area contributed by atoms with E-state index in [1.165, 1.54) is 16.4 Å². The number of anilines is 2. The Labute approximate surface area is 114 Å². The maximum Gasteiger partial charge on any atom is 0.237 e. The van der Waals surface area contributed by atoms with Crippen molar-refractivity contribution in [3.8, 4) is 0 Å². The summed E-state index contributed by atoms with van der Waals surface area (Å²) in [7, 11) is 1.73. The minimum absolute atomic E-state index is 0.113. The summed E-state index contributed by atoms with van der Waals surface area (Å²) in [5.74, 6) is -0.113. The van der Waals surface area contributed by atoms with Crippen molar-refractivity contribution in [3.63, 3.8) is 0 Å². The summed E-state index contributed by atoms with van der Waals surface area (Å²) >= 11 is 1.30. The number of nitrogens with two attached hydrogens (primary N) is 1. The third kappa shape index (κ3) is 3.44. The lowest BCUT2D eigenvalue weighted by Crippen LogP contribution is -2.22. The number of rotatable bonds is 4. The molecule has 2 aromatic rings. The molecule has 100 valence electrons. The van der Waals surface area contributed by atoms with Gasteiger partial charge in [-0.15, -0.1) is 5.10 Å². The predicted molar refractivity (Wildman–Crippen MR) is 73.6 cm³/mol. The number of hydrogen-bond donors (Lipinski definition) is 2. The number of carbonyl (C=O) groups is 1. The minimum Gasteiger partial charge on any atom is -0.399 e. The second-order valence-corrected chi connectivity index (χ2v) is 5.26. The molecule has 0 aliphatic carbocycles. The van der Waals surface area contributed by atoms with E-state index in [1.54, 1.807) is 38.2 Å². The zero-order valence-corrected chi connectivity index (χ0v) is 11.4. The second kappa shape index (κ2) is 5.70. The molecule has 0 saturated heterocycles. The zero-order valence-electron chi connectivity index (χ0n) is 10.6. The monoisotopic (exact) mass is 278 g/mol. The van der Waals surface area contributed by atoms with E-state index in [4.69, 9.17) is 5.73 Å². The predicted octanol–water partition coefficient (Wildman–Crippen LogP) is 0.912. The molecule has 1 aromatic heterocycles. The van der Waals surface area contributed by atoms with Crippen molar-refractivity contribution in [2.45, 2.75) is 17.3 Å². The molecule has 1 heterocycles. The molecular formula is C11H14N6OS. The summed E-state index contributed by atoms with van der Waals surface area (Å²) in [4.78, 5) is 12.0. The Morgan fingerprint density at radius 3 is 2.68 bits per heavy atom. The second-order valence-electron chi connectivity index (χ2n) is 3.96. The quantitative estimate of drug-likeness (QED) is 0.637. The molecule has 19 heavy (non-hydrogen) atoms. The van der Waals surface area contributed by atoms with E-state index < -0.39 is 0 Å². The van der Waals surface area contributed by atoms with E-state index in [0.29, 0.717) is 16.5 Å². The Hall–Kier alpha value is -2.09. The molecule has 0 fully saturated rings. The molecule has 3 N–H and O–H groups in total. The van der Waals surface area contributed by atoms with Crippen molar-refractivity contribution in [3.05, 3.63) is 24.3 Å². The molecule has 0 aliphatic rings. The third-order valence-corrected chi connectivity index (χ3v) is 3.54. The lowest BCUT2D eigenvalue weighted by atomic mass is 10.3. The number of tetrazole rings is 1. The summed E-state index contributed by atoms with van der Waals surface area (Å²) < 4.78 is 1.53. The molecule has 1 amide bonds. The fourth-order valence-corrected chi connectivity index (χ4v) is 2.10. The third-order valence-electron chi connectivity index (χ3n) is 2.41. The number of amides is 1. The maximum absolute atomic E-state index is 12.0. The van der Waals surface area contributed by atoms with E-state index in [0.717, 1.165) is 0 Å². The average Bonchev–Trinajstić information content (AvgIpc) is 2.78. The highest BCUT2D eigenvalue weighted by atomic mass is 32.2. The Morgan fingerprint density at radius 2 is 2.11 bits per heavy atom. The number of thioether (sulfide) groups is 1. The van der Waals surface area contributed by atoms with Crippen LogP contribution in [0.3, 0.4) is 0 Å². The van der Waals surface area contributed by atoms with Gasteiger partial charge in [-0.3, -0.25) is 4.79 Å². The van der Waals surface area contributed by atoms with Crippen molar-refractivity contribution in [1.82, 2.24) is 20.2 Å². The Kier molecular flexibility index (Phi) is 4.00. The van der Waals surface area contributed by atoms with Gasteiger partial charge in [-0.2, -0.15) is 0 Å². The molecule has 0 radical (unpaired) electrons. The number of benzene rings is 1. The van der Waals surface area contributed by atoms with Crippen LogP contribution in [-0.2, 0) is 11.8 Å².